The van der Waals surface area contributed by atoms with Crippen LogP contribution in [0.2, 0.25) is 0 Å². The molecule has 0 amide bonds. The van der Waals surface area contributed by atoms with Crippen LogP contribution in [-0.4, -0.2) is 0 Å². The van der Waals surface area contributed by atoms with Crippen LogP contribution in [0.15, 0.2) is 48.5 Å². The number of hydrogen-bond donors (Lipinski definition) is 0. The first-order valence-corrected chi connectivity index (χ1v) is 4.53. The lowest BCUT2D eigenvalue weighted by atomic mass is 10.1. The molecule has 0 aromatic heterocycles. The molecule has 2 aromatic rings. The Balaban J connectivity index is 2.52. The van der Waals surface area contributed by atoms with E-state index in [4.69, 9.17) is 6.57 Å². The molecule has 0 radical (unpaired) electrons. The fraction of sp³-hybridized carbons (Fsp3) is 0. The summed E-state index contributed by atoms with van der Waals surface area (Å²) in [6, 6.07) is 14.2. The van der Waals surface area contributed by atoms with Gasteiger partial charge in [-0.2, -0.15) is 0 Å². The zero-order chi connectivity index (χ0) is 10.7. The van der Waals surface area contributed by atoms with Gasteiger partial charge in [0.15, 0.2) is 0 Å². The maximum absolute atomic E-state index is 13.1. The van der Waals surface area contributed by atoms with Gasteiger partial charge in [0.1, 0.15) is 5.82 Å². The van der Waals surface area contributed by atoms with Gasteiger partial charge >= 0.3 is 0 Å². The maximum Gasteiger partial charge on any atom is 0.222 e. The maximum atomic E-state index is 13.1. The number of benzene rings is 2. The van der Waals surface area contributed by atoms with Crippen molar-refractivity contribution < 1.29 is 4.39 Å². The third-order valence-corrected chi connectivity index (χ3v) is 2.17. The van der Waals surface area contributed by atoms with Gasteiger partial charge in [0.05, 0.1) is 6.57 Å². The van der Waals surface area contributed by atoms with Crippen molar-refractivity contribution in [1.82, 2.24) is 0 Å². The summed E-state index contributed by atoms with van der Waals surface area (Å²) in [5.41, 5.74) is 1.92. The van der Waals surface area contributed by atoms with Crippen molar-refractivity contribution in [2.45, 2.75) is 0 Å². The second kappa shape index (κ2) is 3.93. The summed E-state index contributed by atoms with van der Waals surface area (Å²) in [4.78, 5) is 3.13. The third kappa shape index (κ3) is 1.87. The minimum atomic E-state index is -0.468. The minimum Gasteiger partial charge on any atom is -0.235 e. The fourth-order valence-electron chi connectivity index (χ4n) is 1.41. The Kier molecular flexibility index (Phi) is 2.47. The summed E-state index contributed by atoms with van der Waals surface area (Å²) in [6.45, 7) is 6.83. The van der Waals surface area contributed by atoms with E-state index in [-0.39, 0.29) is 5.69 Å². The monoisotopic (exact) mass is 197 g/mol. The third-order valence-electron chi connectivity index (χ3n) is 2.17. The zero-order valence-corrected chi connectivity index (χ0v) is 7.94. The molecule has 0 aliphatic heterocycles. The van der Waals surface area contributed by atoms with Crippen molar-refractivity contribution in [3.63, 3.8) is 0 Å². The average molecular weight is 197 g/mol. The van der Waals surface area contributed by atoms with Crippen molar-refractivity contribution in [1.29, 1.82) is 0 Å². The molecular weight excluding hydrogens is 189 g/mol. The highest BCUT2D eigenvalue weighted by Gasteiger charge is 2.03. The van der Waals surface area contributed by atoms with Gasteiger partial charge in [-0.15, -0.1) is 0 Å². The van der Waals surface area contributed by atoms with Crippen molar-refractivity contribution in [3.8, 4) is 11.1 Å². The zero-order valence-electron chi connectivity index (χ0n) is 7.94. The number of nitrogens with zero attached hydrogens (tertiary/aromatic N) is 1. The minimum absolute atomic E-state index is 0.0661. The van der Waals surface area contributed by atoms with E-state index in [9.17, 15) is 4.39 Å². The highest BCUT2D eigenvalue weighted by molar-refractivity contribution is 5.68. The highest BCUT2D eigenvalue weighted by Crippen LogP contribution is 2.26. The van der Waals surface area contributed by atoms with E-state index in [0.717, 1.165) is 11.1 Å². The Morgan fingerprint density at radius 3 is 2.33 bits per heavy atom. The molecule has 2 heteroatoms. The molecular formula is C13H8FN. The van der Waals surface area contributed by atoms with Gasteiger partial charge in [0, 0.05) is 0 Å². The molecule has 1 nitrogen and oxygen atoms in total. The summed E-state index contributed by atoms with van der Waals surface area (Å²) < 4.78 is 13.1. The fourth-order valence-corrected chi connectivity index (χ4v) is 1.41. The molecule has 0 aliphatic rings. The van der Waals surface area contributed by atoms with E-state index in [0.29, 0.717) is 0 Å². The van der Waals surface area contributed by atoms with Crippen molar-refractivity contribution in [3.05, 3.63) is 65.8 Å². The van der Waals surface area contributed by atoms with E-state index in [1.807, 2.05) is 30.3 Å². The predicted molar refractivity (Wildman–Crippen MR) is 58.1 cm³/mol. The second-order valence-electron chi connectivity index (χ2n) is 3.14. The molecule has 0 unspecified atom stereocenters. The number of hydrogen-bond acceptors (Lipinski definition) is 0. The predicted octanol–water partition coefficient (Wildman–Crippen LogP) is 4.04. The molecule has 2 aromatic carbocycles. The lowest BCUT2D eigenvalue weighted by molar-refractivity contribution is 0.634. The van der Waals surface area contributed by atoms with Gasteiger partial charge in [0.2, 0.25) is 5.69 Å². The Bertz CT molecular complexity index is 512. The van der Waals surface area contributed by atoms with Crippen LogP contribution >= 0.6 is 0 Å². The Labute approximate surface area is 87.6 Å². The first kappa shape index (κ1) is 9.42. The van der Waals surface area contributed by atoms with E-state index < -0.39 is 5.82 Å². The first-order chi connectivity index (χ1) is 7.31. The molecule has 0 N–H and O–H groups in total. The molecule has 0 saturated carbocycles. The van der Waals surface area contributed by atoms with Gasteiger partial charge in [-0.1, -0.05) is 36.4 Å². The largest absolute Gasteiger partial charge is 0.235 e. The summed E-state index contributed by atoms with van der Waals surface area (Å²) >= 11 is 0. The van der Waals surface area contributed by atoms with E-state index in [2.05, 4.69) is 4.85 Å². The van der Waals surface area contributed by atoms with Gasteiger partial charge in [-0.05, 0) is 23.3 Å². The van der Waals surface area contributed by atoms with E-state index in [1.165, 1.54) is 6.07 Å². The van der Waals surface area contributed by atoms with E-state index in [1.54, 1.807) is 12.1 Å². The molecule has 0 spiro atoms. The van der Waals surface area contributed by atoms with Gasteiger partial charge < -0.3 is 0 Å². The summed E-state index contributed by atoms with van der Waals surface area (Å²) in [5.74, 6) is -0.468. The summed E-state index contributed by atoms with van der Waals surface area (Å²) in [7, 11) is 0. The van der Waals surface area contributed by atoms with Crippen molar-refractivity contribution in [2.24, 2.45) is 0 Å². The lowest BCUT2D eigenvalue weighted by Gasteiger charge is -2.02. The molecule has 0 fully saturated rings. The van der Waals surface area contributed by atoms with Crippen LogP contribution in [0, 0.1) is 12.4 Å². The van der Waals surface area contributed by atoms with Gasteiger partial charge in [-0.25, -0.2) is 9.24 Å². The standard InChI is InChI=1S/C13H8FN/c1-15-13-9-11(7-8-12(13)14)10-5-3-2-4-6-10/h2-9H. The van der Waals surface area contributed by atoms with Crippen LogP contribution in [0.1, 0.15) is 0 Å². The molecule has 15 heavy (non-hydrogen) atoms. The van der Waals surface area contributed by atoms with Crippen molar-refractivity contribution in [2.75, 3.05) is 0 Å². The van der Waals surface area contributed by atoms with Crippen LogP contribution in [0.5, 0.6) is 0 Å². The van der Waals surface area contributed by atoms with Gasteiger partial charge in [-0.3, -0.25) is 0 Å². The topological polar surface area (TPSA) is 4.36 Å². The SMILES string of the molecule is [C-]#[N+]c1cc(-c2ccccc2)ccc1F. The number of halogens is 1. The smallest absolute Gasteiger partial charge is 0.222 e. The summed E-state index contributed by atoms with van der Waals surface area (Å²) in [6.07, 6.45) is 0. The Hall–Kier alpha value is -2.14. The summed E-state index contributed by atoms with van der Waals surface area (Å²) in [5, 5.41) is 0. The number of rotatable bonds is 1. The highest BCUT2D eigenvalue weighted by atomic mass is 19.1. The molecule has 72 valence electrons. The Morgan fingerprint density at radius 2 is 1.67 bits per heavy atom. The molecule has 0 bridgehead atoms. The molecule has 0 heterocycles. The van der Waals surface area contributed by atoms with Crippen LogP contribution in [0.4, 0.5) is 10.1 Å². The van der Waals surface area contributed by atoms with Crippen LogP contribution in [-0.2, 0) is 0 Å². The van der Waals surface area contributed by atoms with Crippen LogP contribution in [0.3, 0.4) is 0 Å². The quantitative estimate of drug-likeness (QED) is 0.607. The average Bonchev–Trinajstić information content (AvgIpc) is 2.31. The molecule has 2 rings (SSSR count). The van der Waals surface area contributed by atoms with Crippen molar-refractivity contribution >= 4 is 5.69 Å². The Morgan fingerprint density at radius 1 is 0.933 bits per heavy atom. The first-order valence-electron chi connectivity index (χ1n) is 4.53. The molecule has 0 saturated heterocycles. The lowest BCUT2D eigenvalue weighted by Crippen LogP contribution is -1.79. The molecule has 0 aliphatic carbocycles. The normalized spacial score (nSPS) is 9.60. The molecule has 0 atom stereocenters. The second-order valence-corrected chi connectivity index (χ2v) is 3.14. The van der Waals surface area contributed by atoms with E-state index >= 15 is 0 Å². The van der Waals surface area contributed by atoms with Gasteiger partial charge in [0.25, 0.3) is 0 Å². The van der Waals surface area contributed by atoms with Crippen LogP contribution in [0.25, 0.3) is 16.0 Å². The van der Waals surface area contributed by atoms with Crippen LogP contribution < -0.4 is 0 Å².